The molecule has 10 nitrogen and oxygen atoms in total. The molecule has 1 heterocycles. The first kappa shape index (κ1) is 18.4. The molecular formula is C15H17N4O6-. The van der Waals surface area contributed by atoms with E-state index in [2.05, 4.69) is 5.10 Å². The van der Waals surface area contributed by atoms with Crippen molar-refractivity contribution in [2.45, 2.75) is 26.8 Å². The van der Waals surface area contributed by atoms with Crippen LogP contribution in [0, 0.1) is 5.21 Å². The fourth-order valence-corrected chi connectivity index (χ4v) is 2.20. The first-order chi connectivity index (χ1) is 11.8. The Morgan fingerprint density at radius 3 is 2.44 bits per heavy atom. The van der Waals surface area contributed by atoms with Gasteiger partial charge in [-0.1, -0.05) is 12.1 Å². The van der Waals surface area contributed by atoms with Crippen molar-refractivity contribution < 1.29 is 19.5 Å². The molecule has 0 radical (unpaired) electrons. The first-order valence-electron chi connectivity index (χ1n) is 7.37. The topological polar surface area (TPSA) is 130 Å². The maximum absolute atomic E-state index is 12.3. The summed E-state index contributed by atoms with van der Waals surface area (Å²) in [6.45, 7) is 2.50. The van der Waals surface area contributed by atoms with Crippen LogP contribution in [0.5, 0.6) is 0 Å². The van der Waals surface area contributed by atoms with E-state index < -0.39 is 17.6 Å². The second-order valence-electron chi connectivity index (χ2n) is 5.24. The van der Waals surface area contributed by atoms with E-state index in [4.69, 9.17) is 9.94 Å². The van der Waals surface area contributed by atoms with Gasteiger partial charge in [-0.15, -0.1) is 9.78 Å². The predicted molar refractivity (Wildman–Crippen MR) is 86.3 cm³/mol. The Morgan fingerprint density at radius 2 is 1.92 bits per heavy atom. The number of hydrogen-bond donors (Lipinski definition) is 1. The Kier molecular flexibility index (Phi) is 5.67. The molecule has 134 valence electrons. The highest BCUT2D eigenvalue weighted by Crippen LogP contribution is 2.14. The predicted octanol–water partition coefficient (Wildman–Crippen LogP) is 0.552. The molecule has 0 aliphatic carbocycles. The van der Waals surface area contributed by atoms with Gasteiger partial charge in [-0.05, 0) is 17.7 Å². The van der Waals surface area contributed by atoms with Crippen LogP contribution in [0.25, 0.3) is 0 Å². The number of ether oxygens (including phenoxy) is 1. The minimum absolute atomic E-state index is 0.0274. The van der Waals surface area contributed by atoms with Crippen LogP contribution in [-0.2, 0) is 22.5 Å². The van der Waals surface area contributed by atoms with Crippen LogP contribution in [0.2, 0.25) is 0 Å². The third-order valence-corrected chi connectivity index (χ3v) is 3.38. The van der Waals surface area contributed by atoms with Crippen LogP contribution >= 0.6 is 0 Å². The Morgan fingerprint density at radius 1 is 1.28 bits per heavy atom. The normalized spacial score (nSPS) is 10.6. The van der Waals surface area contributed by atoms with E-state index in [-0.39, 0.29) is 30.5 Å². The van der Waals surface area contributed by atoms with Crippen LogP contribution in [0.3, 0.4) is 0 Å². The third-order valence-electron chi connectivity index (χ3n) is 3.38. The number of nitrogens with zero attached hydrogens (tertiary/aromatic N) is 4. The lowest BCUT2D eigenvalue weighted by atomic mass is 10.1. The summed E-state index contributed by atoms with van der Waals surface area (Å²) in [6, 6.07) is 5.99. The van der Waals surface area contributed by atoms with E-state index >= 15 is 0 Å². The van der Waals surface area contributed by atoms with Crippen molar-refractivity contribution in [3.63, 3.8) is 0 Å². The highest BCUT2D eigenvalue weighted by atomic mass is 16.8. The third kappa shape index (κ3) is 4.52. The molecule has 0 aliphatic heterocycles. The van der Waals surface area contributed by atoms with Crippen LogP contribution in [0.15, 0.2) is 29.1 Å². The molecule has 0 spiro atoms. The summed E-state index contributed by atoms with van der Waals surface area (Å²) < 4.78 is 6.82. The molecule has 0 aliphatic rings. The highest BCUT2D eigenvalue weighted by Gasteiger charge is 2.16. The molecule has 1 N–H and O–H groups in total. The second kappa shape index (κ2) is 7.73. The van der Waals surface area contributed by atoms with Crippen molar-refractivity contribution in [3.8, 4) is 0 Å². The van der Waals surface area contributed by atoms with Gasteiger partial charge >= 0.3 is 11.7 Å². The van der Waals surface area contributed by atoms with Gasteiger partial charge in [0, 0.05) is 20.3 Å². The molecule has 10 heteroatoms. The Hall–Kier alpha value is -2.98. The van der Waals surface area contributed by atoms with Crippen molar-refractivity contribution in [2.75, 3.05) is 11.8 Å². The second-order valence-corrected chi connectivity index (χ2v) is 5.24. The number of carbonyl (C=O) groups excluding carboxylic acids is 2. The Labute approximate surface area is 142 Å². The monoisotopic (exact) mass is 349 g/mol. The van der Waals surface area contributed by atoms with Crippen LogP contribution in [0.1, 0.15) is 30.0 Å². The fourth-order valence-electron chi connectivity index (χ4n) is 2.20. The van der Waals surface area contributed by atoms with Crippen molar-refractivity contribution in [3.05, 3.63) is 51.3 Å². The molecule has 0 fully saturated rings. The van der Waals surface area contributed by atoms with Gasteiger partial charge in [-0.3, -0.25) is 19.4 Å². The van der Waals surface area contributed by atoms with Gasteiger partial charge in [0.1, 0.15) is 12.4 Å². The summed E-state index contributed by atoms with van der Waals surface area (Å²) >= 11 is 0. The van der Waals surface area contributed by atoms with Crippen molar-refractivity contribution in [1.29, 1.82) is 0 Å². The fraction of sp³-hybridized carbons (Fsp3) is 0.333. The lowest BCUT2D eigenvalue weighted by Gasteiger charge is -2.21. The van der Waals surface area contributed by atoms with Crippen LogP contribution in [-0.4, -0.2) is 38.0 Å². The van der Waals surface area contributed by atoms with Gasteiger partial charge in [0.15, 0.2) is 0 Å². The molecule has 0 bridgehead atoms. The molecule has 0 atom stereocenters. The quantitative estimate of drug-likeness (QED) is 0.591. The summed E-state index contributed by atoms with van der Waals surface area (Å²) in [5.41, 5.74) is 0.151. The molecule has 0 saturated carbocycles. The Bertz CT molecular complexity index is 822. The first-order valence-corrected chi connectivity index (χ1v) is 7.37. The van der Waals surface area contributed by atoms with Gasteiger partial charge in [0.05, 0.1) is 12.2 Å². The number of carbonyl (C=O) groups is 2. The van der Waals surface area contributed by atoms with Crippen LogP contribution in [0.4, 0.5) is 5.69 Å². The summed E-state index contributed by atoms with van der Waals surface area (Å²) in [6.07, 6.45) is 0.208. The Balaban J connectivity index is 2.28. The van der Waals surface area contributed by atoms with Crippen molar-refractivity contribution in [1.82, 2.24) is 14.3 Å². The lowest BCUT2D eigenvalue weighted by molar-refractivity contribution is -0.141. The van der Waals surface area contributed by atoms with E-state index in [1.54, 1.807) is 12.1 Å². The van der Waals surface area contributed by atoms with E-state index in [0.717, 1.165) is 4.68 Å². The molecule has 2 aromatic rings. The number of anilines is 1. The molecule has 1 aromatic heterocycles. The SMILES string of the molecule is CC(=O)OCCn1c(Cc2ccc(N([O-])O)cc2)nn(C(C)=O)c1=O. The smallest absolute Gasteiger partial charge is 0.353 e. The average molecular weight is 349 g/mol. The molecule has 25 heavy (non-hydrogen) atoms. The minimum atomic E-state index is -0.618. The molecule has 0 unspecified atom stereocenters. The van der Waals surface area contributed by atoms with Gasteiger partial charge < -0.3 is 15.2 Å². The molecule has 0 amide bonds. The summed E-state index contributed by atoms with van der Waals surface area (Å²) in [5, 5.41) is 23.4. The lowest BCUT2D eigenvalue weighted by Crippen LogP contribution is -2.29. The van der Waals surface area contributed by atoms with E-state index in [0.29, 0.717) is 11.4 Å². The molecular weight excluding hydrogens is 332 g/mol. The van der Waals surface area contributed by atoms with E-state index in [1.165, 1.54) is 30.5 Å². The summed E-state index contributed by atoms with van der Waals surface area (Å²) in [4.78, 5) is 34.6. The average Bonchev–Trinajstić information content (AvgIpc) is 2.84. The van der Waals surface area contributed by atoms with Gasteiger partial charge in [0.2, 0.25) is 5.91 Å². The highest BCUT2D eigenvalue weighted by molar-refractivity contribution is 5.74. The van der Waals surface area contributed by atoms with Crippen molar-refractivity contribution in [2.24, 2.45) is 0 Å². The molecule has 0 saturated heterocycles. The van der Waals surface area contributed by atoms with Crippen LogP contribution < -0.4 is 10.9 Å². The van der Waals surface area contributed by atoms with E-state index in [9.17, 15) is 19.6 Å². The largest absolute Gasteiger partial charge is 0.733 e. The van der Waals surface area contributed by atoms with E-state index in [1.807, 2.05) is 0 Å². The molecule has 1 aromatic carbocycles. The number of benzene rings is 1. The zero-order valence-electron chi connectivity index (χ0n) is 13.7. The maximum atomic E-state index is 12.3. The van der Waals surface area contributed by atoms with Crippen molar-refractivity contribution >= 4 is 17.6 Å². The molecule has 2 rings (SSSR count). The number of hydrogen-bond acceptors (Lipinski definition) is 8. The van der Waals surface area contributed by atoms with Gasteiger partial charge in [-0.25, -0.2) is 4.79 Å². The number of aromatic nitrogens is 3. The standard InChI is InChI=1S/C15H17N4O6/c1-10(20)18-15(22)17(7-8-25-11(2)21)14(16-18)9-12-3-5-13(6-4-12)19(23)24/h3-6,23H,7-9H2,1-2H3/q-1. The zero-order valence-corrected chi connectivity index (χ0v) is 13.7. The number of esters is 1. The summed E-state index contributed by atoms with van der Waals surface area (Å²) in [5.74, 6) is -0.700. The summed E-state index contributed by atoms with van der Waals surface area (Å²) in [7, 11) is 0. The number of rotatable bonds is 6. The maximum Gasteiger partial charge on any atom is 0.353 e. The zero-order chi connectivity index (χ0) is 18.6. The van der Waals surface area contributed by atoms with Gasteiger partial charge in [-0.2, -0.15) is 0 Å². The minimum Gasteiger partial charge on any atom is -0.733 e. The van der Waals surface area contributed by atoms with Gasteiger partial charge in [0.25, 0.3) is 0 Å².